The Labute approximate surface area is 114 Å². The van der Waals surface area contributed by atoms with Crippen LogP contribution in [0, 0.1) is 6.92 Å². The second-order valence-electron chi connectivity index (χ2n) is 4.07. The third kappa shape index (κ3) is 3.39. The maximum atomic E-state index is 12.0. The van der Waals surface area contributed by atoms with Crippen LogP contribution in [-0.2, 0) is 17.2 Å². The highest BCUT2D eigenvalue weighted by Gasteiger charge is 2.11. The van der Waals surface area contributed by atoms with E-state index in [1.807, 2.05) is 19.1 Å². The van der Waals surface area contributed by atoms with Crippen LogP contribution in [0.5, 0.6) is 0 Å². The summed E-state index contributed by atoms with van der Waals surface area (Å²) in [5.41, 5.74) is 2.31. The standard InChI is InChI=1S/C12H14ClF2N3O/c1-8-2-3-9-12(16-8)18(11(6-13)17-9)4-5-19-7-10(14)15/h2-3,10H,4-7H2,1H3. The topological polar surface area (TPSA) is 39.9 Å². The molecule has 2 heterocycles. The van der Waals surface area contributed by atoms with Gasteiger partial charge in [0.1, 0.15) is 17.9 Å². The number of rotatable bonds is 6. The first-order valence-corrected chi connectivity index (χ1v) is 6.40. The fourth-order valence-electron chi connectivity index (χ4n) is 1.81. The number of pyridine rings is 1. The SMILES string of the molecule is Cc1ccc2nc(CCl)n(CCOCC(F)F)c2n1. The molecule has 0 aliphatic heterocycles. The van der Waals surface area contributed by atoms with E-state index in [0.717, 1.165) is 11.2 Å². The molecule has 2 aromatic rings. The first-order chi connectivity index (χ1) is 9.11. The first-order valence-electron chi connectivity index (χ1n) is 5.86. The number of aromatic nitrogens is 3. The number of fused-ring (bicyclic) bond motifs is 1. The summed E-state index contributed by atoms with van der Waals surface area (Å²) in [5, 5.41) is 0. The van der Waals surface area contributed by atoms with Crippen molar-refractivity contribution in [3.63, 3.8) is 0 Å². The van der Waals surface area contributed by atoms with Crippen molar-refractivity contribution in [1.29, 1.82) is 0 Å². The van der Waals surface area contributed by atoms with Crippen molar-refractivity contribution in [3.8, 4) is 0 Å². The summed E-state index contributed by atoms with van der Waals surface area (Å²) in [6, 6.07) is 3.73. The van der Waals surface area contributed by atoms with Gasteiger partial charge in [0, 0.05) is 12.2 Å². The minimum absolute atomic E-state index is 0.176. The van der Waals surface area contributed by atoms with Gasteiger partial charge in [-0.3, -0.25) is 0 Å². The third-order valence-corrected chi connectivity index (χ3v) is 2.87. The highest BCUT2D eigenvalue weighted by molar-refractivity contribution is 6.16. The van der Waals surface area contributed by atoms with Gasteiger partial charge in [-0.15, -0.1) is 11.6 Å². The predicted octanol–water partition coefficient (Wildman–Crippen LogP) is 2.76. The van der Waals surface area contributed by atoms with Crippen LogP contribution in [0.1, 0.15) is 11.5 Å². The number of alkyl halides is 3. The molecule has 2 rings (SSSR count). The van der Waals surface area contributed by atoms with Crippen molar-refractivity contribution in [3.05, 3.63) is 23.7 Å². The molecule has 2 aromatic heterocycles. The molecule has 0 saturated heterocycles. The average molecular weight is 290 g/mol. The molecule has 0 atom stereocenters. The van der Waals surface area contributed by atoms with E-state index in [0.29, 0.717) is 18.0 Å². The number of hydrogen-bond donors (Lipinski definition) is 0. The van der Waals surface area contributed by atoms with Crippen LogP contribution in [0.2, 0.25) is 0 Å². The fraction of sp³-hybridized carbons (Fsp3) is 0.500. The van der Waals surface area contributed by atoms with Crippen LogP contribution in [0.15, 0.2) is 12.1 Å². The monoisotopic (exact) mass is 289 g/mol. The lowest BCUT2D eigenvalue weighted by Crippen LogP contribution is -2.12. The molecular formula is C12H14ClF2N3O. The highest BCUT2D eigenvalue weighted by Crippen LogP contribution is 2.16. The van der Waals surface area contributed by atoms with Crippen molar-refractivity contribution in [1.82, 2.24) is 14.5 Å². The van der Waals surface area contributed by atoms with Crippen molar-refractivity contribution < 1.29 is 13.5 Å². The summed E-state index contributed by atoms with van der Waals surface area (Å²) in [7, 11) is 0. The van der Waals surface area contributed by atoms with E-state index >= 15 is 0 Å². The van der Waals surface area contributed by atoms with Gasteiger partial charge < -0.3 is 9.30 Å². The number of imidazole rings is 1. The summed E-state index contributed by atoms with van der Waals surface area (Å²) in [6.45, 7) is 1.90. The Bertz CT molecular complexity index is 559. The lowest BCUT2D eigenvalue weighted by Gasteiger charge is -2.08. The molecule has 0 bridgehead atoms. The van der Waals surface area contributed by atoms with Crippen LogP contribution in [0.4, 0.5) is 8.78 Å². The van der Waals surface area contributed by atoms with E-state index in [1.54, 1.807) is 4.57 Å². The normalized spacial score (nSPS) is 11.6. The Kier molecular flexibility index (Phi) is 4.66. The molecule has 0 fully saturated rings. The van der Waals surface area contributed by atoms with Crippen LogP contribution < -0.4 is 0 Å². The molecule has 0 saturated carbocycles. The van der Waals surface area contributed by atoms with Gasteiger partial charge in [-0.05, 0) is 19.1 Å². The quantitative estimate of drug-likeness (QED) is 0.606. The van der Waals surface area contributed by atoms with Crippen molar-refractivity contribution in [2.75, 3.05) is 13.2 Å². The summed E-state index contributed by atoms with van der Waals surface area (Å²) >= 11 is 5.83. The van der Waals surface area contributed by atoms with Crippen LogP contribution in [-0.4, -0.2) is 34.2 Å². The van der Waals surface area contributed by atoms with Gasteiger partial charge in [-0.25, -0.2) is 18.7 Å². The first kappa shape index (κ1) is 14.1. The van der Waals surface area contributed by atoms with Crippen LogP contribution >= 0.6 is 11.6 Å². The molecule has 0 aliphatic rings. The smallest absolute Gasteiger partial charge is 0.261 e. The largest absolute Gasteiger partial charge is 0.374 e. The lowest BCUT2D eigenvalue weighted by molar-refractivity contribution is 0.0148. The number of aryl methyl sites for hydroxylation is 1. The predicted molar refractivity (Wildman–Crippen MR) is 68.6 cm³/mol. The van der Waals surface area contributed by atoms with Gasteiger partial charge in [-0.2, -0.15) is 0 Å². The summed E-state index contributed by atoms with van der Waals surface area (Å²) < 4.78 is 30.6. The molecule has 0 aromatic carbocycles. The van der Waals surface area contributed by atoms with E-state index in [4.69, 9.17) is 16.3 Å². The zero-order chi connectivity index (χ0) is 13.8. The van der Waals surface area contributed by atoms with Gasteiger partial charge in [-0.1, -0.05) is 0 Å². The molecule has 0 spiro atoms. The van der Waals surface area contributed by atoms with Gasteiger partial charge >= 0.3 is 0 Å². The van der Waals surface area contributed by atoms with Gasteiger partial charge in [0.2, 0.25) is 0 Å². The van der Waals surface area contributed by atoms with E-state index in [9.17, 15) is 8.78 Å². The maximum Gasteiger partial charge on any atom is 0.261 e. The van der Waals surface area contributed by atoms with E-state index in [-0.39, 0.29) is 12.5 Å². The van der Waals surface area contributed by atoms with E-state index in [1.165, 1.54) is 0 Å². The number of nitrogens with zero attached hydrogens (tertiary/aromatic N) is 3. The van der Waals surface area contributed by atoms with Crippen molar-refractivity contribution >= 4 is 22.8 Å². The molecule has 0 aliphatic carbocycles. The molecule has 0 radical (unpaired) electrons. The van der Waals surface area contributed by atoms with Crippen molar-refractivity contribution in [2.45, 2.75) is 25.8 Å². The Morgan fingerprint density at radius 3 is 2.84 bits per heavy atom. The minimum Gasteiger partial charge on any atom is -0.374 e. The lowest BCUT2D eigenvalue weighted by atomic mass is 10.3. The zero-order valence-electron chi connectivity index (χ0n) is 10.4. The summed E-state index contributed by atoms with van der Waals surface area (Å²) in [4.78, 5) is 8.75. The average Bonchev–Trinajstić information content (AvgIpc) is 2.72. The molecular weight excluding hydrogens is 276 g/mol. The molecule has 0 unspecified atom stereocenters. The molecule has 0 amide bonds. The van der Waals surface area contributed by atoms with Crippen molar-refractivity contribution in [2.24, 2.45) is 0 Å². The fourth-order valence-corrected chi connectivity index (χ4v) is 2.01. The Balaban J connectivity index is 2.17. The Hall–Kier alpha value is -1.27. The maximum absolute atomic E-state index is 12.0. The van der Waals surface area contributed by atoms with Gasteiger partial charge in [0.25, 0.3) is 6.43 Å². The molecule has 104 valence electrons. The summed E-state index contributed by atoms with van der Waals surface area (Å²) in [5.74, 6) is 0.903. The van der Waals surface area contributed by atoms with E-state index in [2.05, 4.69) is 9.97 Å². The zero-order valence-corrected chi connectivity index (χ0v) is 11.2. The minimum atomic E-state index is -2.45. The molecule has 19 heavy (non-hydrogen) atoms. The third-order valence-electron chi connectivity index (χ3n) is 2.63. The van der Waals surface area contributed by atoms with Crippen LogP contribution in [0.25, 0.3) is 11.2 Å². The molecule has 0 N–H and O–H groups in total. The van der Waals surface area contributed by atoms with E-state index < -0.39 is 13.0 Å². The van der Waals surface area contributed by atoms with Gasteiger partial charge in [0.05, 0.1) is 12.5 Å². The number of hydrogen-bond acceptors (Lipinski definition) is 3. The van der Waals surface area contributed by atoms with Crippen LogP contribution in [0.3, 0.4) is 0 Å². The summed E-state index contributed by atoms with van der Waals surface area (Å²) in [6.07, 6.45) is -2.45. The Morgan fingerprint density at radius 1 is 1.37 bits per heavy atom. The molecule has 4 nitrogen and oxygen atoms in total. The Morgan fingerprint density at radius 2 is 2.16 bits per heavy atom. The number of halogens is 3. The second kappa shape index (κ2) is 6.25. The number of ether oxygens (including phenoxy) is 1. The second-order valence-corrected chi connectivity index (χ2v) is 4.34. The van der Waals surface area contributed by atoms with Gasteiger partial charge in [0.15, 0.2) is 5.65 Å². The molecule has 7 heteroatoms. The highest BCUT2D eigenvalue weighted by atomic mass is 35.5.